The van der Waals surface area contributed by atoms with E-state index < -0.39 is 5.97 Å². The fourth-order valence-electron chi connectivity index (χ4n) is 2.98. The molecule has 7 heteroatoms. The number of hydrogen-bond donors (Lipinski definition) is 0. The lowest BCUT2D eigenvalue weighted by Gasteiger charge is -2.12. The average molecular weight is 423 g/mol. The Morgan fingerprint density at radius 3 is 2.29 bits per heavy atom. The molecule has 3 aromatic rings. The summed E-state index contributed by atoms with van der Waals surface area (Å²) in [6, 6.07) is 11.8. The van der Waals surface area contributed by atoms with Crippen LogP contribution in [-0.2, 0) is 18.0 Å². The van der Waals surface area contributed by atoms with Gasteiger partial charge in [-0.05, 0) is 70.2 Å². The first-order valence-electron chi connectivity index (χ1n) is 9.97. The molecule has 0 spiro atoms. The Morgan fingerprint density at radius 1 is 0.968 bits per heavy atom. The summed E-state index contributed by atoms with van der Waals surface area (Å²) in [7, 11) is 0. The van der Waals surface area contributed by atoms with Crippen molar-refractivity contribution in [3.8, 4) is 11.5 Å². The van der Waals surface area contributed by atoms with Crippen LogP contribution >= 0.6 is 0 Å². The Hall–Kier alpha value is -3.61. The summed E-state index contributed by atoms with van der Waals surface area (Å²) >= 11 is 0. The van der Waals surface area contributed by atoms with Gasteiger partial charge >= 0.3 is 5.97 Å². The first-order valence-corrected chi connectivity index (χ1v) is 9.97. The van der Waals surface area contributed by atoms with Gasteiger partial charge in [0.25, 0.3) is 0 Å². The SMILES string of the molecule is CCOc1ccc(C(C)=O)cc1COC(=O)c1ccc(OCc2c(C)noc2C)cc1. The van der Waals surface area contributed by atoms with E-state index >= 15 is 0 Å². The molecule has 0 radical (unpaired) electrons. The van der Waals surface area contributed by atoms with Gasteiger partial charge in [0.1, 0.15) is 30.5 Å². The van der Waals surface area contributed by atoms with Crippen LogP contribution in [-0.4, -0.2) is 23.5 Å². The minimum absolute atomic E-state index is 0.000415. The molecule has 0 unspecified atom stereocenters. The maximum atomic E-state index is 12.5. The molecule has 1 aromatic heterocycles. The third-order valence-corrected chi connectivity index (χ3v) is 4.78. The standard InChI is InChI=1S/C24H25NO6/c1-5-28-23-11-8-19(16(3)26)12-20(23)13-30-24(27)18-6-9-21(10-7-18)29-14-22-15(2)25-31-17(22)4/h6-12H,5,13-14H2,1-4H3. The topological polar surface area (TPSA) is 87.9 Å². The van der Waals surface area contributed by atoms with Crippen molar-refractivity contribution >= 4 is 11.8 Å². The van der Waals surface area contributed by atoms with Crippen molar-refractivity contribution in [2.75, 3.05) is 6.61 Å². The molecule has 31 heavy (non-hydrogen) atoms. The second-order valence-corrected chi connectivity index (χ2v) is 7.00. The van der Waals surface area contributed by atoms with Crippen LogP contribution in [0.1, 0.15) is 57.1 Å². The number of carbonyl (C=O) groups is 2. The van der Waals surface area contributed by atoms with Crippen LogP contribution < -0.4 is 9.47 Å². The van der Waals surface area contributed by atoms with E-state index in [4.69, 9.17) is 18.7 Å². The smallest absolute Gasteiger partial charge is 0.338 e. The Kier molecular flexibility index (Phi) is 7.07. The summed E-state index contributed by atoms with van der Waals surface area (Å²) in [4.78, 5) is 24.1. The number of hydrogen-bond acceptors (Lipinski definition) is 7. The molecule has 0 fully saturated rings. The number of nitrogens with zero attached hydrogens (tertiary/aromatic N) is 1. The summed E-state index contributed by atoms with van der Waals surface area (Å²) in [5, 5.41) is 3.90. The lowest BCUT2D eigenvalue weighted by Crippen LogP contribution is -2.07. The van der Waals surface area contributed by atoms with E-state index in [9.17, 15) is 9.59 Å². The van der Waals surface area contributed by atoms with Gasteiger partial charge in [-0.15, -0.1) is 0 Å². The zero-order valence-corrected chi connectivity index (χ0v) is 18.1. The fraction of sp³-hybridized carbons (Fsp3) is 0.292. The lowest BCUT2D eigenvalue weighted by atomic mass is 10.1. The Balaban J connectivity index is 1.62. The third kappa shape index (κ3) is 5.51. The molecule has 0 aliphatic rings. The monoisotopic (exact) mass is 423 g/mol. The fourth-order valence-corrected chi connectivity index (χ4v) is 2.98. The molecular weight excluding hydrogens is 398 g/mol. The number of benzene rings is 2. The van der Waals surface area contributed by atoms with Gasteiger partial charge in [0, 0.05) is 11.1 Å². The van der Waals surface area contributed by atoms with E-state index in [0.29, 0.717) is 41.4 Å². The van der Waals surface area contributed by atoms with E-state index in [1.165, 1.54) is 6.92 Å². The molecule has 0 aliphatic heterocycles. The predicted molar refractivity (Wildman–Crippen MR) is 113 cm³/mol. The Labute approximate surface area is 180 Å². The number of aryl methyl sites for hydroxylation is 2. The van der Waals surface area contributed by atoms with E-state index in [1.807, 2.05) is 20.8 Å². The molecule has 7 nitrogen and oxygen atoms in total. The molecule has 3 rings (SSSR count). The molecule has 162 valence electrons. The molecule has 0 aliphatic carbocycles. The van der Waals surface area contributed by atoms with Gasteiger partial charge in [0.15, 0.2) is 5.78 Å². The average Bonchev–Trinajstić information content (AvgIpc) is 3.09. The van der Waals surface area contributed by atoms with Crippen molar-refractivity contribution < 1.29 is 28.3 Å². The van der Waals surface area contributed by atoms with Gasteiger partial charge in [-0.3, -0.25) is 4.79 Å². The summed E-state index contributed by atoms with van der Waals surface area (Å²) in [6.07, 6.45) is 0. The van der Waals surface area contributed by atoms with Crippen LogP contribution in [0.3, 0.4) is 0 Å². The quantitative estimate of drug-likeness (QED) is 0.360. The van der Waals surface area contributed by atoms with Gasteiger partial charge in [-0.1, -0.05) is 5.16 Å². The molecular formula is C24H25NO6. The largest absolute Gasteiger partial charge is 0.493 e. The highest BCUT2D eigenvalue weighted by Gasteiger charge is 2.13. The van der Waals surface area contributed by atoms with Crippen molar-refractivity contribution in [3.63, 3.8) is 0 Å². The van der Waals surface area contributed by atoms with Crippen molar-refractivity contribution in [2.45, 2.75) is 40.9 Å². The van der Waals surface area contributed by atoms with Gasteiger partial charge in [0.05, 0.1) is 23.4 Å². The van der Waals surface area contributed by atoms with E-state index in [1.54, 1.807) is 42.5 Å². The van der Waals surface area contributed by atoms with Crippen molar-refractivity contribution in [1.29, 1.82) is 0 Å². The molecule has 0 saturated heterocycles. The second-order valence-electron chi connectivity index (χ2n) is 7.00. The summed E-state index contributed by atoms with van der Waals surface area (Å²) in [5.74, 6) is 1.38. The molecule has 0 atom stereocenters. The first kappa shape index (κ1) is 22.1. The van der Waals surface area contributed by atoms with Gasteiger partial charge < -0.3 is 18.7 Å². The van der Waals surface area contributed by atoms with Gasteiger partial charge in [0.2, 0.25) is 0 Å². The zero-order chi connectivity index (χ0) is 22.4. The minimum atomic E-state index is -0.479. The van der Waals surface area contributed by atoms with E-state index in [0.717, 1.165) is 17.0 Å². The summed E-state index contributed by atoms with van der Waals surface area (Å²) < 4.78 is 21.9. The molecule has 0 bridgehead atoms. The molecule has 1 heterocycles. The number of carbonyl (C=O) groups excluding carboxylic acids is 2. The van der Waals surface area contributed by atoms with Crippen molar-refractivity contribution in [3.05, 3.63) is 76.2 Å². The van der Waals surface area contributed by atoms with E-state index in [-0.39, 0.29) is 12.4 Å². The number of ether oxygens (including phenoxy) is 3. The van der Waals surface area contributed by atoms with Crippen LogP contribution in [0.25, 0.3) is 0 Å². The molecule has 2 aromatic carbocycles. The highest BCUT2D eigenvalue weighted by Crippen LogP contribution is 2.23. The van der Waals surface area contributed by atoms with Gasteiger partial charge in [-0.2, -0.15) is 0 Å². The predicted octanol–water partition coefficient (Wildman–Crippen LogP) is 4.83. The second kappa shape index (κ2) is 9.93. The zero-order valence-electron chi connectivity index (χ0n) is 18.1. The van der Waals surface area contributed by atoms with Crippen molar-refractivity contribution in [1.82, 2.24) is 5.16 Å². The minimum Gasteiger partial charge on any atom is -0.493 e. The number of esters is 1. The highest BCUT2D eigenvalue weighted by molar-refractivity contribution is 5.94. The van der Waals surface area contributed by atoms with Crippen LogP contribution in [0.2, 0.25) is 0 Å². The maximum Gasteiger partial charge on any atom is 0.338 e. The number of ketones is 1. The van der Waals surface area contributed by atoms with Crippen LogP contribution in [0.15, 0.2) is 47.0 Å². The molecule has 0 amide bonds. The number of rotatable bonds is 9. The summed E-state index contributed by atoms with van der Waals surface area (Å²) in [6.45, 7) is 7.84. The first-order chi connectivity index (χ1) is 14.9. The highest BCUT2D eigenvalue weighted by atomic mass is 16.5. The van der Waals surface area contributed by atoms with Gasteiger partial charge in [-0.25, -0.2) is 4.79 Å². The number of aromatic nitrogens is 1. The Bertz CT molecular complexity index is 1050. The molecule has 0 saturated carbocycles. The van der Waals surface area contributed by atoms with Crippen LogP contribution in [0.4, 0.5) is 0 Å². The third-order valence-electron chi connectivity index (χ3n) is 4.78. The number of Topliss-reactive ketones (excluding diaryl/α,β-unsaturated/α-hetero) is 1. The molecule has 0 N–H and O–H groups in total. The van der Waals surface area contributed by atoms with Crippen LogP contribution in [0.5, 0.6) is 11.5 Å². The van der Waals surface area contributed by atoms with Crippen LogP contribution in [0, 0.1) is 13.8 Å². The normalized spacial score (nSPS) is 10.6. The maximum absolute atomic E-state index is 12.5. The van der Waals surface area contributed by atoms with E-state index in [2.05, 4.69) is 5.16 Å². The van der Waals surface area contributed by atoms with Crippen molar-refractivity contribution in [2.24, 2.45) is 0 Å². The summed E-state index contributed by atoms with van der Waals surface area (Å²) in [5.41, 5.74) is 3.27. The Morgan fingerprint density at radius 2 is 1.68 bits per heavy atom. The lowest BCUT2D eigenvalue weighted by molar-refractivity contribution is 0.0469.